The summed E-state index contributed by atoms with van der Waals surface area (Å²) in [5, 5.41) is 25.2. The molecule has 1 saturated heterocycles. The van der Waals surface area contributed by atoms with E-state index in [4.69, 9.17) is 9.97 Å². The lowest BCUT2D eigenvalue weighted by atomic mass is 9.95. The lowest BCUT2D eigenvalue weighted by Crippen LogP contribution is -2.43. The summed E-state index contributed by atoms with van der Waals surface area (Å²) in [4.78, 5) is 9.63. The van der Waals surface area contributed by atoms with Crippen LogP contribution in [-0.2, 0) is 0 Å². The zero-order chi connectivity index (χ0) is 22.9. The Hall–Kier alpha value is -3.17. The smallest absolute Gasteiger partial charge is 0.163 e. The van der Waals surface area contributed by atoms with Gasteiger partial charge in [-0.05, 0) is 37.9 Å². The molecule has 0 amide bonds. The van der Waals surface area contributed by atoms with Crippen molar-refractivity contribution in [3.05, 3.63) is 54.1 Å². The number of imidazole rings is 1. The van der Waals surface area contributed by atoms with Gasteiger partial charge in [0.25, 0.3) is 0 Å². The fraction of sp³-hybridized carbons (Fsp3) is 0.458. The largest absolute Gasteiger partial charge is 0.391 e. The minimum atomic E-state index is -0.344. The van der Waals surface area contributed by atoms with Crippen molar-refractivity contribution in [2.45, 2.75) is 45.3 Å². The maximum absolute atomic E-state index is 10.3. The second kappa shape index (κ2) is 8.99. The van der Waals surface area contributed by atoms with Gasteiger partial charge in [-0.25, -0.2) is 9.97 Å². The Balaban J connectivity index is 1.44. The number of piperidine rings is 1. The van der Waals surface area contributed by atoms with Gasteiger partial charge in [-0.1, -0.05) is 19.9 Å². The number of aliphatic hydroxyl groups is 1. The average Bonchev–Trinajstić information content (AvgIpc) is 3.43. The van der Waals surface area contributed by atoms with E-state index in [0.29, 0.717) is 19.0 Å². The van der Waals surface area contributed by atoms with Gasteiger partial charge in [0, 0.05) is 43.0 Å². The van der Waals surface area contributed by atoms with Crippen molar-refractivity contribution in [2.24, 2.45) is 5.92 Å². The molecular formula is C24H32N8O. The van der Waals surface area contributed by atoms with Crippen molar-refractivity contribution in [1.29, 1.82) is 0 Å². The van der Waals surface area contributed by atoms with Gasteiger partial charge >= 0.3 is 0 Å². The molecule has 0 bridgehead atoms. The Morgan fingerprint density at radius 2 is 2.12 bits per heavy atom. The molecule has 0 aliphatic carbocycles. The molecule has 1 aliphatic heterocycles. The van der Waals surface area contributed by atoms with E-state index in [2.05, 4.69) is 41.8 Å². The summed E-state index contributed by atoms with van der Waals surface area (Å²) in [6.45, 7) is 8.65. The summed E-state index contributed by atoms with van der Waals surface area (Å²) < 4.78 is 3.89. The normalized spacial score (nSPS) is 19.9. The second-order valence-corrected chi connectivity index (χ2v) is 9.22. The molecule has 0 radical (unpaired) electrons. The van der Waals surface area contributed by atoms with Crippen LogP contribution in [0.2, 0.25) is 0 Å². The van der Waals surface area contributed by atoms with Crippen LogP contribution >= 0.6 is 0 Å². The molecule has 0 spiro atoms. The zero-order valence-electron chi connectivity index (χ0n) is 19.4. The molecular weight excluding hydrogens is 416 g/mol. The lowest BCUT2D eigenvalue weighted by Gasteiger charge is -2.28. The first-order valence-electron chi connectivity index (χ1n) is 11.7. The van der Waals surface area contributed by atoms with Crippen LogP contribution in [0, 0.1) is 5.92 Å². The molecule has 1 fully saturated rings. The number of hydrogen-bond donors (Lipinski definition) is 4. The van der Waals surface area contributed by atoms with Crippen molar-refractivity contribution >= 4 is 22.9 Å². The first kappa shape index (κ1) is 21.7. The summed E-state index contributed by atoms with van der Waals surface area (Å²) in [6.07, 6.45) is 6.54. The standard InChI is InChI=1S/C24H32N8O/c1-15(2)18-12-27-32-23(28-16(3)19-14-31-9-5-4-6-22(31)29-19)10-21(30-24(18)32)26-11-17-7-8-25-13-20(17)33/h4-6,9-10,12,14-17,20,25,28,33H,7-8,11,13H2,1-3H3,(H,26,30)/t16?,17-,20+/m1/s1. The number of aromatic nitrogens is 5. The Labute approximate surface area is 193 Å². The van der Waals surface area contributed by atoms with E-state index < -0.39 is 0 Å². The number of fused-ring (bicyclic) bond motifs is 2. The van der Waals surface area contributed by atoms with Gasteiger partial charge in [-0.3, -0.25) is 0 Å². The Kier molecular flexibility index (Phi) is 5.90. The molecule has 0 aromatic carbocycles. The first-order chi connectivity index (χ1) is 16.0. The van der Waals surface area contributed by atoms with Gasteiger partial charge in [-0.2, -0.15) is 9.61 Å². The highest BCUT2D eigenvalue weighted by Crippen LogP contribution is 2.27. The lowest BCUT2D eigenvalue weighted by molar-refractivity contribution is 0.0883. The summed E-state index contributed by atoms with van der Waals surface area (Å²) in [7, 11) is 0. The van der Waals surface area contributed by atoms with Gasteiger partial charge in [0.05, 0.1) is 24.0 Å². The Morgan fingerprint density at radius 3 is 2.91 bits per heavy atom. The number of anilines is 2. The third kappa shape index (κ3) is 4.38. The highest BCUT2D eigenvalue weighted by molar-refractivity contribution is 5.61. The highest BCUT2D eigenvalue weighted by Gasteiger charge is 2.23. The summed E-state index contributed by atoms with van der Waals surface area (Å²) in [5.74, 6) is 2.14. The zero-order valence-corrected chi connectivity index (χ0v) is 19.4. The minimum Gasteiger partial charge on any atom is -0.391 e. The van der Waals surface area contributed by atoms with Gasteiger partial charge in [0.2, 0.25) is 0 Å². The molecule has 9 heteroatoms. The topological polar surface area (TPSA) is 104 Å². The molecule has 3 atom stereocenters. The van der Waals surface area contributed by atoms with Crippen molar-refractivity contribution in [3.8, 4) is 0 Å². The molecule has 1 unspecified atom stereocenters. The average molecular weight is 449 g/mol. The fourth-order valence-electron chi connectivity index (χ4n) is 4.41. The van der Waals surface area contributed by atoms with Crippen molar-refractivity contribution in [3.63, 3.8) is 0 Å². The quantitative estimate of drug-likeness (QED) is 0.344. The van der Waals surface area contributed by atoms with Crippen molar-refractivity contribution in [1.82, 2.24) is 29.3 Å². The molecule has 4 aromatic heterocycles. The highest BCUT2D eigenvalue weighted by atomic mass is 16.3. The molecule has 4 N–H and O–H groups in total. The third-order valence-electron chi connectivity index (χ3n) is 6.45. The van der Waals surface area contributed by atoms with E-state index in [0.717, 1.165) is 47.2 Å². The van der Waals surface area contributed by atoms with Crippen LogP contribution in [0.25, 0.3) is 11.3 Å². The molecule has 1 aliphatic rings. The molecule has 9 nitrogen and oxygen atoms in total. The maximum Gasteiger partial charge on any atom is 0.163 e. The monoisotopic (exact) mass is 448 g/mol. The van der Waals surface area contributed by atoms with Crippen LogP contribution in [0.15, 0.2) is 42.9 Å². The number of nitrogens with one attached hydrogen (secondary N) is 3. The number of hydrogen-bond acceptors (Lipinski definition) is 7. The van der Waals surface area contributed by atoms with Crippen LogP contribution in [-0.4, -0.2) is 54.8 Å². The first-order valence-corrected chi connectivity index (χ1v) is 11.7. The van der Waals surface area contributed by atoms with Gasteiger partial charge in [0.1, 0.15) is 17.3 Å². The van der Waals surface area contributed by atoms with E-state index in [-0.39, 0.29) is 18.1 Å². The van der Waals surface area contributed by atoms with Crippen LogP contribution < -0.4 is 16.0 Å². The van der Waals surface area contributed by atoms with Crippen LogP contribution in [0.1, 0.15) is 50.4 Å². The number of rotatable bonds is 7. The molecule has 5 heterocycles. The second-order valence-electron chi connectivity index (χ2n) is 9.22. The van der Waals surface area contributed by atoms with Crippen LogP contribution in [0.3, 0.4) is 0 Å². The number of β-amino-alcohol motifs (C(OH)–C–C–N with tert-alkyl or cyclic N) is 1. The molecule has 4 aromatic rings. The Bertz CT molecular complexity index is 1210. The molecule has 0 saturated carbocycles. The number of aliphatic hydroxyl groups excluding tert-OH is 1. The third-order valence-corrected chi connectivity index (χ3v) is 6.45. The summed E-state index contributed by atoms with van der Waals surface area (Å²) in [6, 6.07) is 7.95. The van der Waals surface area contributed by atoms with Gasteiger partial charge in [0.15, 0.2) is 5.65 Å². The van der Waals surface area contributed by atoms with Crippen LogP contribution in [0.4, 0.5) is 11.6 Å². The number of pyridine rings is 1. The SMILES string of the molecule is CC(C)c1cnn2c(NC(C)c3cn4ccccc4n3)cc(NC[C@H]3CCNC[C@@H]3O)nc12. The van der Waals surface area contributed by atoms with Gasteiger partial charge < -0.3 is 25.5 Å². The molecule has 174 valence electrons. The minimum absolute atomic E-state index is 0.0266. The summed E-state index contributed by atoms with van der Waals surface area (Å²) >= 11 is 0. The van der Waals surface area contributed by atoms with E-state index in [1.54, 1.807) is 0 Å². The fourth-order valence-corrected chi connectivity index (χ4v) is 4.41. The van der Waals surface area contributed by atoms with Crippen molar-refractivity contribution < 1.29 is 5.11 Å². The van der Waals surface area contributed by atoms with E-state index in [9.17, 15) is 5.11 Å². The maximum atomic E-state index is 10.3. The van der Waals surface area contributed by atoms with E-state index in [1.165, 1.54) is 0 Å². The predicted octanol–water partition coefficient (Wildman–Crippen LogP) is 3.06. The van der Waals surface area contributed by atoms with Crippen molar-refractivity contribution in [2.75, 3.05) is 30.3 Å². The Morgan fingerprint density at radius 1 is 1.24 bits per heavy atom. The summed E-state index contributed by atoms with van der Waals surface area (Å²) in [5.41, 5.74) is 3.81. The molecule has 5 rings (SSSR count). The predicted molar refractivity (Wildman–Crippen MR) is 130 cm³/mol. The van der Waals surface area contributed by atoms with E-state index >= 15 is 0 Å². The van der Waals surface area contributed by atoms with E-state index in [1.807, 2.05) is 51.8 Å². The van der Waals surface area contributed by atoms with Gasteiger partial charge in [-0.15, -0.1) is 0 Å². The number of nitrogens with zero attached hydrogens (tertiary/aromatic N) is 5. The van der Waals surface area contributed by atoms with Crippen LogP contribution in [0.5, 0.6) is 0 Å². The molecule has 33 heavy (non-hydrogen) atoms.